The van der Waals surface area contributed by atoms with E-state index in [2.05, 4.69) is 88.5 Å². The van der Waals surface area contributed by atoms with Gasteiger partial charge in [-0.25, -0.2) is 0 Å². The van der Waals surface area contributed by atoms with Gasteiger partial charge in [-0.05, 0) is 85.1 Å². The summed E-state index contributed by atoms with van der Waals surface area (Å²) in [7, 11) is 0. The molecule has 0 atom stereocenters. The van der Waals surface area contributed by atoms with Crippen LogP contribution in [0.15, 0.2) is 102 Å². The van der Waals surface area contributed by atoms with Crippen LogP contribution in [0.3, 0.4) is 0 Å². The van der Waals surface area contributed by atoms with Gasteiger partial charge in [0.1, 0.15) is 11.5 Å². The van der Waals surface area contributed by atoms with Crippen LogP contribution < -0.4 is 15.1 Å². The van der Waals surface area contributed by atoms with Gasteiger partial charge in [0.2, 0.25) is 0 Å². The summed E-state index contributed by atoms with van der Waals surface area (Å²) in [5, 5.41) is 4.20. The van der Waals surface area contributed by atoms with E-state index in [0.29, 0.717) is 0 Å². The van der Waals surface area contributed by atoms with Crippen molar-refractivity contribution in [3.8, 4) is 22.5 Å². The van der Waals surface area contributed by atoms with Crippen LogP contribution in [-0.4, -0.2) is 31.2 Å². The van der Waals surface area contributed by atoms with Crippen LogP contribution in [-0.2, 0) is 18.5 Å². The van der Waals surface area contributed by atoms with E-state index in [1.165, 1.54) is 33.6 Å². The van der Waals surface area contributed by atoms with Crippen LogP contribution in [0.5, 0.6) is 0 Å². The molecule has 0 spiro atoms. The zero-order valence-corrected chi connectivity index (χ0v) is 24.9. The molecule has 1 saturated heterocycles. The first kappa shape index (κ1) is 26.8. The second kappa shape index (κ2) is 11.0. The molecule has 42 heavy (non-hydrogen) atoms. The Bertz CT molecular complexity index is 1700. The molecule has 1 N–H and O–H groups in total. The summed E-state index contributed by atoms with van der Waals surface area (Å²) >= 11 is 6.21. The monoisotopic (exact) mass is 574 g/mol. The molecule has 0 unspecified atom stereocenters. The summed E-state index contributed by atoms with van der Waals surface area (Å²) in [6.07, 6.45) is 4.59. The summed E-state index contributed by atoms with van der Waals surface area (Å²) in [5.41, 5.74) is 9.28. The predicted octanol–water partition coefficient (Wildman–Crippen LogP) is 7.92. The fourth-order valence-corrected chi connectivity index (χ4v) is 6.60. The van der Waals surface area contributed by atoms with E-state index in [1.807, 2.05) is 42.7 Å². The Morgan fingerprint density at radius 3 is 2.48 bits per heavy atom. The van der Waals surface area contributed by atoms with Gasteiger partial charge in [-0.2, -0.15) is 0 Å². The van der Waals surface area contributed by atoms with Gasteiger partial charge in [0.25, 0.3) is 0 Å². The lowest BCUT2D eigenvalue weighted by molar-refractivity contribution is 0.369. The first-order chi connectivity index (χ1) is 20.5. The fraction of sp³-hybridized carbons (Fsp3) is 0.250. The number of nitrogens with one attached hydrogen (secondary N) is 1. The minimum atomic E-state index is -0.413. The van der Waals surface area contributed by atoms with Crippen LogP contribution in [0, 0.1) is 0 Å². The van der Waals surface area contributed by atoms with Gasteiger partial charge < -0.3 is 19.5 Å². The first-order valence-electron chi connectivity index (χ1n) is 14.7. The fourth-order valence-electron chi connectivity index (χ4n) is 6.47. The highest BCUT2D eigenvalue weighted by Crippen LogP contribution is 2.46. The molecule has 0 aliphatic carbocycles. The maximum Gasteiger partial charge on any atom is 0.134 e. The third-order valence-corrected chi connectivity index (χ3v) is 8.96. The molecule has 0 amide bonds. The van der Waals surface area contributed by atoms with Crippen molar-refractivity contribution in [1.82, 2.24) is 10.3 Å². The second-order valence-corrected chi connectivity index (χ2v) is 12.2. The van der Waals surface area contributed by atoms with Gasteiger partial charge in [-0.3, -0.25) is 4.98 Å². The standard InChI is InChI=1S/C36H35ClN4O/c1-36(2)35-29(22-34(42-35)25-9-11-30(37)12-10-25)20-28-21-31(40-18-16-38-17-19-40)13-14-33(28)41(36)24-27-6-3-4-8-32(27)26-7-5-15-39-23-26/h3-15,21-23,38H,16-20,24H2,1-2H3. The van der Waals surface area contributed by atoms with Crippen molar-refractivity contribution in [3.05, 3.63) is 125 Å². The largest absolute Gasteiger partial charge is 0.458 e. The molecule has 5 nitrogen and oxygen atoms in total. The lowest BCUT2D eigenvalue weighted by Crippen LogP contribution is -2.43. The maximum absolute atomic E-state index is 6.77. The third-order valence-electron chi connectivity index (χ3n) is 8.70. The zero-order chi connectivity index (χ0) is 28.7. The number of rotatable bonds is 5. The molecule has 2 aliphatic rings. The van der Waals surface area contributed by atoms with Crippen molar-refractivity contribution in [3.63, 3.8) is 0 Å². The number of pyridine rings is 1. The quantitative estimate of drug-likeness (QED) is 0.231. The number of nitrogens with zero attached hydrogens (tertiary/aromatic N) is 3. The molecule has 0 radical (unpaired) electrons. The van der Waals surface area contributed by atoms with Crippen molar-refractivity contribution in [2.75, 3.05) is 36.0 Å². The maximum atomic E-state index is 6.77. The van der Waals surface area contributed by atoms with E-state index in [4.69, 9.17) is 16.0 Å². The molecule has 2 aliphatic heterocycles. The van der Waals surface area contributed by atoms with Crippen molar-refractivity contribution in [2.24, 2.45) is 0 Å². The predicted molar refractivity (Wildman–Crippen MR) is 172 cm³/mol. The topological polar surface area (TPSA) is 44.5 Å². The number of piperazine rings is 1. The van der Waals surface area contributed by atoms with Crippen LogP contribution in [0.25, 0.3) is 22.5 Å². The third kappa shape index (κ3) is 4.97. The van der Waals surface area contributed by atoms with E-state index in [9.17, 15) is 0 Å². The number of anilines is 2. The molecule has 4 heterocycles. The van der Waals surface area contributed by atoms with E-state index >= 15 is 0 Å². The van der Waals surface area contributed by atoms with E-state index in [0.717, 1.165) is 66.8 Å². The van der Waals surface area contributed by atoms with Gasteiger partial charge in [0.15, 0.2) is 0 Å². The molecule has 0 saturated carbocycles. The highest BCUT2D eigenvalue weighted by atomic mass is 35.5. The zero-order valence-electron chi connectivity index (χ0n) is 24.1. The van der Waals surface area contributed by atoms with Crippen molar-refractivity contribution < 1.29 is 4.42 Å². The number of hydrogen-bond donors (Lipinski definition) is 1. The molecular weight excluding hydrogens is 540 g/mol. The summed E-state index contributed by atoms with van der Waals surface area (Å²) in [6, 6.07) is 30.0. The number of aromatic nitrogens is 1. The lowest BCUT2D eigenvalue weighted by Gasteiger charge is -2.40. The minimum absolute atomic E-state index is 0.413. The van der Waals surface area contributed by atoms with Gasteiger partial charge >= 0.3 is 0 Å². The average molecular weight is 575 g/mol. The van der Waals surface area contributed by atoms with Crippen LogP contribution in [0.1, 0.15) is 36.3 Å². The lowest BCUT2D eigenvalue weighted by atomic mass is 9.94. The second-order valence-electron chi connectivity index (χ2n) is 11.7. The highest BCUT2D eigenvalue weighted by molar-refractivity contribution is 6.30. The number of benzene rings is 3. The molecule has 5 aromatic rings. The Morgan fingerprint density at radius 1 is 0.881 bits per heavy atom. The molecule has 0 bridgehead atoms. The molecule has 212 valence electrons. The number of hydrogen-bond acceptors (Lipinski definition) is 5. The van der Waals surface area contributed by atoms with Crippen LogP contribution in [0.4, 0.5) is 11.4 Å². The summed E-state index contributed by atoms with van der Waals surface area (Å²) in [5.74, 6) is 1.88. The molecule has 6 heteroatoms. The minimum Gasteiger partial charge on any atom is -0.458 e. The Kier molecular flexibility index (Phi) is 7.01. The van der Waals surface area contributed by atoms with Gasteiger partial charge in [-0.1, -0.05) is 41.9 Å². The van der Waals surface area contributed by atoms with E-state index in [-0.39, 0.29) is 0 Å². The van der Waals surface area contributed by atoms with Crippen molar-refractivity contribution in [2.45, 2.75) is 32.4 Å². The average Bonchev–Trinajstić information content (AvgIpc) is 3.43. The van der Waals surface area contributed by atoms with Crippen LogP contribution in [0.2, 0.25) is 5.02 Å². The molecule has 1 fully saturated rings. The molecule has 7 rings (SSSR count). The van der Waals surface area contributed by atoms with Gasteiger partial charge in [0, 0.05) is 84.6 Å². The summed E-state index contributed by atoms with van der Waals surface area (Å²) in [4.78, 5) is 9.42. The molecule has 3 aromatic carbocycles. The Morgan fingerprint density at radius 2 is 1.69 bits per heavy atom. The SMILES string of the molecule is CC1(C)c2oc(-c3ccc(Cl)cc3)cc2Cc2cc(N3CCNCC3)ccc2N1Cc1ccccc1-c1cccnc1. The van der Waals surface area contributed by atoms with E-state index < -0.39 is 5.54 Å². The molecule has 2 aromatic heterocycles. The Labute approximate surface area is 252 Å². The normalized spacial score (nSPS) is 16.1. The summed E-state index contributed by atoms with van der Waals surface area (Å²) in [6.45, 7) is 9.36. The number of halogens is 1. The van der Waals surface area contributed by atoms with Crippen LogP contribution >= 0.6 is 11.6 Å². The van der Waals surface area contributed by atoms with Crippen molar-refractivity contribution >= 4 is 23.0 Å². The van der Waals surface area contributed by atoms with E-state index in [1.54, 1.807) is 0 Å². The van der Waals surface area contributed by atoms with Crippen molar-refractivity contribution in [1.29, 1.82) is 0 Å². The van der Waals surface area contributed by atoms with Gasteiger partial charge in [0.05, 0.1) is 5.54 Å². The Hall–Kier alpha value is -4.06. The number of fused-ring (bicyclic) bond motifs is 2. The highest BCUT2D eigenvalue weighted by Gasteiger charge is 2.39. The smallest absolute Gasteiger partial charge is 0.134 e. The number of furan rings is 1. The summed E-state index contributed by atoms with van der Waals surface area (Å²) < 4.78 is 6.77. The first-order valence-corrected chi connectivity index (χ1v) is 15.1. The molecular formula is C36H35ClN4O. The Balaban J connectivity index is 1.36. The van der Waals surface area contributed by atoms with Gasteiger partial charge in [-0.15, -0.1) is 0 Å².